The number of carbonyl (C=O) groups excluding carboxylic acids is 2. The molecule has 63 valence electrons. The summed E-state index contributed by atoms with van der Waals surface area (Å²) in [6, 6.07) is -0.688. The second-order valence-corrected chi connectivity index (χ2v) is 2.28. The van der Waals surface area contributed by atoms with Crippen LogP contribution in [-0.4, -0.2) is 30.8 Å². The van der Waals surface area contributed by atoms with Crippen molar-refractivity contribution in [2.45, 2.75) is 13.0 Å². The maximum atomic E-state index is 10.8. The average molecular weight is 176 g/mol. The first-order valence-electron chi connectivity index (χ1n) is 3.04. The Morgan fingerprint density at radius 2 is 2.18 bits per heavy atom. The van der Waals surface area contributed by atoms with Crippen LogP contribution in [0.4, 0.5) is 0 Å². The van der Waals surface area contributed by atoms with Gasteiger partial charge in [0.25, 0.3) is 0 Å². The monoisotopic (exact) mass is 176 g/mol. The fourth-order valence-electron chi connectivity index (χ4n) is 0.556. The molecule has 0 aromatic heterocycles. The molecule has 0 spiro atoms. The van der Waals surface area contributed by atoms with Crippen LogP contribution in [0, 0.1) is 0 Å². The van der Waals surface area contributed by atoms with E-state index in [9.17, 15) is 9.59 Å². The van der Waals surface area contributed by atoms with Crippen molar-refractivity contribution < 1.29 is 14.3 Å². The quantitative estimate of drug-likeness (QED) is 0.609. The summed E-state index contributed by atoms with van der Waals surface area (Å²) >= 11 is 4.62. The van der Waals surface area contributed by atoms with Crippen LogP contribution >= 0.6 is 12.6 Å². The van der Waals surface area contributed by atoms with E-state index < -0.39 is 12.0 Å². The molecule has 0 aromatic carbocycles. The van der Waals surface area contributed by atoms with Crippen LogP contribution in [0.15, 0.2) is 0 Å². The SMILES string of the molecule is COC(=O)C(C[S])NC(C)=O. The van der Waals surface area contributed by atoms with Crippen LogP contribution in [-0.2, 0) is 14.3 Å². The molecule has 0 saturated heterocycles. The second-order valence-electron chi connectivity index (χ2n) is 1.94. The minimum Gasteiger partial charge on any atom is -0.467 e. The van der Waals surface area contributed by atoms with Crippen molar-refractivity contribution in [3.63, 3.8) is 0 Å². The Kier molecular flexibility index (Phi) is 4.69. The summed E-state index contributed by atoms with van der Waals surface area (Å²) in [7, 11) is 1.25. The zero-order chi connectivity index (χ0) is 8.85. The number of carbonyl (C=O) groups is 2. The molecular formula is C6H10NO3S. The largest absolute Gasteiger partial charge is 0.467 e. The van der Waals surface area contributed by atoms with E-state index in [-0.39, 0.29) is 11.7 Å². The van der Waals surface area contributed by atoms with E-state index in [1.807, 2.05) is 0 Å². The van der Waals surface area contributed by atoms with Gasteiger partial charge in [-0.3, -0.25) is 4.79 Å². The molecule has 0 fully saturated rings. The number of amides is 1. The maximum absolute atomic E-state index is 10.8. The fourth-order valence-corrected chi connectivity index (χ4v) is 0.776. The molecule has 1 unspecified atom stereocenters. The zero-order valence-corrected chi connectivity index (χ0v) is 7.23. The summed E-state index contributed by atoms with van der Waals surface area (Å²) in [5.74, 6) is -0.660. The van der Waals surface area contributed by atoms with Gasteiger partial charge in [0.2, 0.25) is 5.91 Å². The second kappa shape index (κ2) is 5.01. The lowest BCUT2D eigenvalue weighted by Gasteiger charge is -2.11. The first kappa shape index (κ1) is 10.3. The summed E-state index contributed by atoms with van der Waals surface area (Å²) in [4.78, 5) is 21.2. The first-order valence-corrected chi connectivity index (χ1v) is 3.62. The molecule has 4 nitrogen and oxygen atoms in total. The molecule has 1 atom stereocenters. The van der Waals surface area contributed by atoms with Gasteiger partial charge in [-0.2, -0.15) is 0 Å². The standard InChI is InChI=1S/C6H10NO3S/c1-4(8)7-5(3-11)6(9)10-2/h5H,3H2,1-2H3,(H,7,8). The average Bonchev–Trinajstić information content (AvgIpc) is 1.98. The van der Waals surface area contributed by atoms with Gasteiger partial charge in [-0.15, -0.1) is 0 Å². The lowest BCUT2D eigenvalue weighted by molar-refractivity contribution is -0.144. The number of esters is 1. The minimum absolute atomic E-state index is 0.131. The van der Waals surface area contributed by atoms with Crippen molar-refractivity contribution >= 4 is 24.5 Å². The van der Waals surface area contributed by atoms with Gasteiger partial charge < -0.3 is 10.1 Å². The molecule has 0 heterocycles. The van der Waals surface area contributed by atoms with Crippen molar-refractivity contribution in [3.05, 3.63) is 0 Å². The molecule has 0 saturated carbocycles. The highest BCUT2D eigenvalue weighted by Crippen LogP contribution is 1.90. The Morgan fingerprint density at radius 1 is 1.64 bits per heavy atom. The highest BCUT2D eigenvalue weighted by atomic mass is 32.1. The third-order valence-corrected chi connectivity index (χ3v) is 1.36. The Morgan fingerprint density at radius 3 is 2.45 bits per heavy atom. The molecule has 5 heteroatoms. The summed E-state index contributed by atoms with van der Waals surface area (Å²) in [5.41, 5.74) is 0. The van der Waals surface area contributed by atoms with Gasteiger partial charge in [0.1, 0.15) is 6.04 Å². The number of hydrogen-bond acceptors (Lipinski definition) is 3. The summed E-state index contributed by atoms with van der Waals surface area (Å²) in [6.07, 6.45) is 0. The van der Waals surface area contributed by atoms with Gasteiger partial charge in [-0.05, 0) is 0 Å². The third-order valence-electron chi connectivity index (χ3n) is 1.03. The highest BCUT2D eigenvalue weighted by Gasteiger charge is 2.17. The topological polar surface area (TPSA) is 55.4 Å². The molecule has 0 aliphatic heterocycles. The van der Waals surface area contributed by atoms with E-state index in [2.05, 4.69) is 22.7 Å². The third kappa shape index (κ3) is 3.87. The van der Waals surface area contributed by atoms with E-state index in [0.29, 0.717) is 0 Å². The van der Waals surface area contributed by atoms with E-state index in [1.165, 1.54) is 14.0 Å². The van der Waals surface area contributed by atoms with Crippen LogP contribution < -0.4 is 5.32 Å². The predicted molar refractivity (Wildman–Crippen MR) is 42.1 cm³/mol. The van der Waals surface area contributed by atoms with E-state index in [4.69, 9.17) is 0 Å². The molecule has 0 aromatic rings. The number of ether oxygens (including phenoxy) is 1. The number of nitrogens with one attached hydrogen (secondary N) is 1. The number of rotatable bonds is 3. The van der Waals surface area contributed by atoms with Crippen molar-refractivity contribution in [2.75, 3.05) is 12.9 Å². The molecule has 0 aliphatic rings. The van der Waals surface area contributed by atoms with E-state index >= 15 is 0 Å². The molecule has 1 amide bonds. The van der Waals surface area contributed by atoms with E-state index in [0.717, 1.165) is 0 Å². The lowest BCUT2D eigenvalue weighted by Crippen LogP contribution is -2.41. The normalized spacial score (nSPS) is 11.9. The smallest absolute Gasteiger partial charge is 0.329 e. The predicted octanol–water partition coefficient (Wildman–Crippen LogP) is -0.138. The highest BCUT2D eigenvalue weighted by molar-refractivity contribution is 7.80. The fraction of sp³-hybridized carbons (Fsp3) is 0.667. The summed E-state index contributed by atoms with van der Waals surface area (Å²) in [6.45, 7) is 1.32. The first-order chi connectivity index (χ1) is 5.11. The summed E-state index contributed by atoms with van der Waals surface area (Å²) in [5, 5.41) is 2.36. The van der Waals surface area contributed by atoms with Crippen molar-refractivity contribution in [1.29, 1.82) is 0 Å². The van der Waals surface area contributed by atoms with Crippen LogP contribution in [0.3, 0.4) is 0 Å². The molecule has 1 radical (unpaired) electrons. The molecule has 0 aliphatic carbocycles. The molecular weight excluding hydrogens is 166 g/mol. The molecule has 0 bridgehead atoms. The molecule has 11 heavy (non-hydrogen) atoms. The van der Waals surface area contributed by atoms with Crippen molar-refractivity contribution in [1.82, 2.24) is 5.32 Å². The van der Waals surface area contributed by atoms with Crippen LogP contribution in [0.25, 0.3) is 0 Å². The Hall–Kier alpha value is -0.710. The molecule has 1 N–H and O–H groups in total. The van der Waals surface area contributed by atoms with Gasteiger partial charge in [0.05, 0.1) is 7.11 Å². The summed E-state index contributed by atoms with van der Waals surface area (Å²) < 4.78 is 4.38. The van der Waals surface area contributed by atoms with Crippen LogP contribution in [0.5, 0.6) is 0 Å². The zero-order valence-electron chi connectivity index (χ0n) is 6.42. The minimum atomic E-state index is -0.688. The number of methoxy groups -OCH3 is 1. The van der Waals surface area contributed by atoms with Gasteiger partial charge >= 0.3 is 5.97 Å². The molecule has 0 rings (SSSR count). The maximum Gasteiger partial charge on any atom is 0.329 e. The Bertz CT molecular complexity index is 160. The Balaban J connectivity index is 3.94. The van der Waals surface area contributed by atoms with Gasteiger partial charge in [0.15, 0.2) is 0 Å². The van der Waals surface area contributed by atoms with E-state index in [1.54, 1.807) is 0 Å². The van der Waals surface area contributed by atoms with Gasteiger partial charge in [0, 0.05) is 12.7 Å². The van der Waals surface area contributed by atoms with Gasteiger partial charge in [-0.25, -0.2) is 4.79 Å². The van der Waals surface area contributed by atoms with Gasteiger partial charge in [-0.1, -0.05) is 12.6 Å². The van der Waals surface area contributed by atoms with Crippen LogP contribution in [0.2, 0.25) is 0 Å². The Labute approximate surface area is 70.7 Å². The van der Waals surface area contributed by atoms with Crippen molar-refractivity contribution in [3.8, 4) is 0 Å². The lowest BCUT2D eigenvalue weighted by atomic mass is 10.3. The van der Waals surface area contributed by atoms with Crippen molar-refractivity contribution in [2.24, 2.45) is 0 Å². The number of hydrogen-bond donors (Lipinski definition) is 1. The van der Waals surface area contributed by atoms with Crippen LogP contribution in [0.1, 0.15) is 6.92 Å².